The maximum Gasteiger partial charge on any atom is 0.228 e. The van der Waals surface area contributed by atoms with E-state index in [9.17, 15) is 4.79 Å². The van der Waals surface area contributed by atoms with Crippen molar-refractivity contribution in [3.8, 4) is 0 Å². The summed E-state index contributed by atoms with van der Waals surface area (Å²) in [6, 6.07) is 4.13. The lowest BCUT2D eigenvalue weighted by atomic mass is 9.95. The van der Waals surface area contributed by atoms with E-state index < -0.39 is 0 Å². The summed E-state index contributed by atoms with van der Waals surface area (Å²) in [6.07, 6.45) is 3.19. The van der Waals surface area contributed by atoms with Crippen molar-refractivity contribution in [1.29, 1.82) is 0 Å². The van der Waals surface area contributed by atoms with Crippen molar-refractivity contribution in [2.24, 2.45) is 5.41 Å². The summed E-state index contributed by atoms with van der Waals surface area (Å²) in [4.78, 5) is 13.9. The molecule has 0 aliphatic heterocycles. The van der Waals surface area contributed by atoms with Crippen LogP contribution in [0.5, 0.6) is 0 Å². The SMILES string of the molecule is CCCn1cccc1CN(C)C(=O)C(C)(C)C. The summed E-state index contributed by atoms with van der Waals surface area (Å²) < 4.78 is 2.21. The third-order valence-electron chi connectivity index (χ3n) is 2.78. The number of amides is 1. The highest BCUT2D eigenvalue weighted by molar-refractivity contribution is 5.81. The molecular formula is C14H24N2O. The molecule has 0 unspecified atom stereocenters. The van der Waals surface area contributed by atoms with Gasteiger partial charge in [0, 0.05) is 30.9 Å². The summed E-state index contributed by atoms with van der Waals surface area (Å²) in [7, 11) is 1.87. The molecule has 3 heteroatoms. The molecule has 0 aliphatic rings. The average Bonchev–Trinajstić information content (AvgIpc) is 2.64. The van der Waals surface area contributed by atoms with E-state index in [1.165, 1.54) is 5.69 Å². The Kier molecular flexibility index (Phi) is 4.38. The van der Waals surface area contributed by atoms with Crippen LogP contribution >= 0.6 is 0 Å². The molecule has 0 saturated carbocycles. The number of nitrogens with zero attached hydrogens (tertiary/aromatic N) is 2. The third-order valence-corrected chi connectivity index (χ3v) is 2.78. The minimum Gasteiger partial charge on any atom is -0.350 e. The van der Waals surface area contributed by atoms with Crippen molar-refractivity contribution >= 4 is 5.91 Å². The lowest BCUT2D eigenvalue weighted by Crippen LogP contribution is -2.36. The van der Waals surface area contributed by atoms with E-state index in [4.69, 9.17) is 0 Å². The Hall–Kier alpha value is -1.25. The molecule has 3 nitrogen and oxygen atoms in total. The van der Waals surface area contributed by atoms with Gasteiger partial charge in [-0.1, -0.05) is 27.7 Å². The fourth-order valence-electron chi connectivity index (χ4n) is 1.94. The topological polar surface area (TPSA) is 25.2 Å². The highest BCUT2D eigenvalue weighted by atomic mass is 16.2. The van der Waals surface area contributed by atoms with Crippen LogP contribution in [0.1, 0.15) is 39.8 Å². The van der Waals surface area contributed by atoms with Crippen LogP contribution in [0.15, 0.2) is 18.3 Å². The van der Waals surface area contributed by atoms with Gasteiger partial charge < -0.3 is 9.47 Å². The quantitative estimate of drug-likeness (QED) is 0.789. The van der Waals surface area contributed by atoms with Crippen molar-refractivity contribution in [3.63, 3.8) is 0 Å². The Morgan fingerprint density at radius 2 is 2.06 bits per heavy atom. The van der Waals surface area contributed by atoms with Gasteiger partial charge in [0.2, 0.25) is 5.91 Å². The molecule has 1 aromatic heterocycles. The summed E-state index contributed by atoms with van der Waals surface area (Å²) in [5.41, 5.74) is 0.892. The van der Waals surface area contributed by atoms with Crippen LogP contribution in [-0.4, -0.2) is 22.4 Å². The molecule has 0 bridgehead atoms. The normalized spacial score (nSPS) is 11.6. The van der Waals surface area contributed by atoms with E-state index in [0.29, 0.717) is 6.54 Å². The number of hydrogen-bond acceptors (Lipinski definition) is 1. The van der Waals surface area contributed by atoms with Crippen LogP contribution < -0.4 is 0 Å². The second kappa shape index (κ2) is 5.39. The van der Waals surface area contributed by atoms with Crippen LogP contribution in [0, 0.1) is 5.41 Å². The first-order valence-corrected chi connectivity index (χ1v) is 6.26. The molecule has 17 heavy (non-hydrogen) atoms. The molecule has 1 amide bonds. The van der Waals surface area contributed by atoms with E-state index in [1.54, 1.807) is 0 Å². The van der Waals surface area contributed by atoms with Gasteiger partial charge in [-0.25, -0.2) is 0 Å². The van der Waals surface area contributed by atoms with Crippen molar-refractivity contribution in [1.82, 2.24) is 9.47 Å². The van der Waals surface area contributed by atoms with Gasteiger partial charge in [-0.2, -0.15) is 0 Å². The van der Waals surface area contributed by atoms with Gasteiger partial charge in [0.1, 0.15) is 0 Å². The lowest BCUT2D eigenvalue weighted by molar-refractivity contribution is -0.138. The first-order valence-electron chi connectivity index (χ1n) is 6.26. The molecule has 96 valence electrons. The standard InChI is InChI=1S/C14H24N2O/c1-6-9-16-10-7-8-12(16)11-15(5)13(17)14(2,3)4/h7-8,10H,6,9,11H2,1-5H3. The van der Waals surface area contributed by atoms with E-state index in [0.717, 1.165) is 13.0 Å². The van der Waals surface area contributed by atoms with Gasteiger partial charge in [0.05, 0.1) is 6.54 Å². The molecule has 0 atom stereocenters. The smallest absolute Gasteiger partial charge is 0.228 e. The van der Waals surface area contributed by atoms with Gasteiger partial charge in [0.15, 0.2) is 0 Å². The molecule has 0 aliphatic carbocycles. The number of carbonyl (C=O) groups excluding carboxylic acids is 1. The zero-order valence-electron chi connectivity index (χ0n) is 11.7. The van der Waals surface area contributed by atoms with Gasteiger partial charge in [0.25, 0.3) is 0 Å². The monoisotopic (exact) mass is 236 g/mol. The molecule has 1 heterocycles. The largest absolute Gasteiger partial charge is 0.350 e. The summed E-state index contributed by atoms with van der Waals surface area (Å²) in [5, 5.41) is 0. The van der Waals surface area contributed by atoms with Crippen LogP contribution in [0.3, 0.4) is 0 Å². The van der Waals surface area contributed by atoms with Crippen molar-refractivity contribution in [2.75, 3.05) is 7.05 Å². The molecular weight excluding hydrogens is 212 g/mol. The van der Waals surface area contributed by atoms with E-state index in [-0.39, 0.29) is 11.3 Å². The number of carbonyl (C=O) groups is 1. The number of hydrogen-bond donors (Lipinski definition) is 0. The van der Waals surface area contributed by atoms with Gasteiger partial charge in [-0.15, -0.1) is 0 Å². The van der Waals surface area contributed by atoms with Crippen LogP contribution in [0.4, 0.5) is 0 Å². The fraction of sp³-hybridized carbons (Fsp3) is 0.643. The predicted molar refractivity (Wildman–Crippen MR) is 70.7 cm³/mol. The van der Waals surface area contributed by atoms with Crippen molar-refractivity contribution < 1.29 is 4.79 Å². The average molecular weight is 236 g/mol. The number of rotatable bonds is 4. The van der Waals surface area contributed by atoms with Gasteiger partial charge >= 0.3 is 0 Å². The molecule has 0 spiro atoms. The first kappa shape index (κ1) is 13.8. The molecule has 1 aromatic rings. The van der Waals surface area contributed by atoms with E-state index in [2.05, 4.69) is 23.8 Å². The fourth-order valence-corrected chi connectivity index (χ4v) is 1.94. The van der Waals surface area contributed by atoms with Gasteiger partial charge in [-0.05, 0) is 18.6 Å². The Morgan fingerprint density at radius 1 is 1.41 bits per heavy atom. The van der Waals surface area contributed by atoms with Crippen LogP contribution in [0.2, 0.25) is 0 Å². The van der Waals surface area contributed by atoms with Gasteiger partial charge in [-0.3, -0.25) is 4.79 Å². The number of aromatic nitrogens is 1. The zero-order valence-corrected chi connectivity index (χ0v) is 11.7. The molecule has 0 N–H and O–H groups in total. The molecule has 0 aromatic carbocycles. The van der Waals surface area contributed by atoms with Crippen molar-refractivity contribution in [2.45, 2.75) is 47.2 Å². The maximum absolute atomic E-state index is 12.1. The molecule has 1 rings (SSSR count). The maximum atomic E-state index is 12.1. The Balaban J connectivity index is 2.71. The van der Waals surface area contributed by atoms with Crippen LogP contribution in [-0.2, 0) is 17.9 Å². The van der Waals surface area contributed by atoms with E-state index >= 15 is 0 Å². The Labute approximate surface area is 104 Å². The second-order valence-corrected chi connectivity index (χ2v) is 5.60. The highest BCUT2D eigenvalue weighted by Crippen LogP contribution is 2.18. The second-order valence-electron chi connectivity index (χ2n) is 5.60. The predicted octanol–water partition coefficient (Wildman–Crippen LogP) is 2.90. The Morgan fingerprint density at radius 3 is 2.59 bits per heavy atom. The minimum atomic E-state index is -0.309. The van der Waals surface area contributed by atoms with Crippen molar-refractivity contribution in [3.05, 3.63) is 24.0 Å². The number of aryl methyl sites for hydroxylation is 1. The molecule has 0 radical (unpaired) electrons. The summed E-state index contributed by atoms with van der Waals surface area (Å²) >= 11 is 0. The lowest BCUT2D eigenvalue weighted by Gasteiger charge is -2.26. The molecule has 0 fully saturated rings. The molecule has 0 saturated heterocycles. The summed E-state index contributed by atoms with van der Waals surface area (Å²) in [5.74, 6) is 0.182. The zero-order chi connectivity index (χ0) is 13.1. The highest BCUT2D eigenvalue weighted by Gasteiger charge is 2.25. The third kappa shape index (κ3) is 3.62. The van der Waals surface area contributed by atoms with E-state index in [1.807, 2.05) is 38.8 Å². The Bertz CT molecular complexity index is 374. The van der Waals surface area contributed by atoms with Crippen LogP contribution in [0.25, 0.3) is 0 Å². The first-order chi connectivity index (χ1) is 7.86. The summed E-state index contributed by atoms with van der Waals surface area (Å²) in [6.45, 7) is 9.72. The minimum absolute atomic E-state index is 0.182.